The zero-order valence-electron chi connectivity index (χ0n) is 17.4. The number of fused-ring (bicyclic) bond motifs is 3. The van der Waals surface area contributed by atoms with E-state index in [-0.39, 0.29) is 41.9 Å². The highest BCUT2D eigenvalue weighted by molar-refractivity contribution is 5.92. The number of esters is 1. The van der Waals surface area contributed by atoms with Crippen LogP contribution in [0.3, 0.4) is 0 Å². The molecule has 0 N–H and O–H groups in total. The molecule has 0 saturated carbocycles. The van der Waals surface area contributed by atoms with Crippen LogP contribution >= 0.6 is 0 Å². The predicted octanol–water partition coefficient (Wildman–Crippen LogP) is 3.70. The van der Waals surface area contributed by atoms with Gasteiger partial charge in [-0.3, -0.25) is 9.48 Å². The van der Waals surface area contributed by atoms with Crippen LogP contribution in [0.15, 0.2) is 10.6 Å². The van der Waals surface area contributed by atoms with Crippen LogP contribution in [0.4, 0.5) is 13.2 Å². The Morgan fingerprint density at radius 1 is 1.26 bits per heavy atom. The Kier molecular flexibility index (Phi) is 5.57. The first-order valence-corrected chi connectivity index (χ1v) is 10.4. The fraction of sp³-hybridized carbons (Fsp3) is 0.571. The average molecular weight is 439 g/mol. The Hall–Kier alpha value is -2.78. The number of amides is 1. The summed E-state index contributed by atoms with van der Waals surface area (Å²) in [7, 11) is 0. The lowest BCUT2D eigenvalue weighted by Crippen LogP contribution is -2.38. The van der Waals surface area contributed by atoms with Gasteiger partial charge in [0.2, 0.25) is 11.7 Å². The van der Waals surface area contributed by atoms with Crippen LogP contribution in [0.25, 0.3) is 11.3 Å². The maximum absolute atomic E-state index is 13.9. The van der Waals surface area contributed by atoms with Gasteiger partial charge in [-0.1, -0.05) is 0 Å². The van der Waals surface area contributed by atoms with Crippen LogP contribution < -0.4 is 0 Å². The van der Waals surface area contributed by atoms with Crippen LogP contribution in [-0.4, -0.2) is 46.3 Å². The number of piperidine rings is 1. The topological polar surface area (TPSA) is 77.6 Å². The first-order valence-electron chi connectivity index (χ1n) is 10.4. The Morgan fingerprint density at radius 2 is 1.97 bits per heavy atom. The van der Waals surface area contributed by atoms with E-state index in [4.69, 9.17) is 9.15 Å². The molecular formula is C21H24F3N3O4. The second-order valence-electron chi connectivity index (χ2n) is 8.00. The van der Waals surface area contributed by atoms with E-state index in [0.29, 0.717) is 31.6 Å². The number of carbonyl (C=O) groups is 2. The Balaban J connectivity index is 1.64. The molecule has 1 aliphatic heterocycles. The molecule has 1 saturated heterocycles. The lowest BCUT2D eigenvalue weighted by atomic mass is 9.93. The monoisotopic (exact) mass is 439 g/mol. The molecular weight excluding hydrogens is 415 g/mol. The molecule has 0 atom stereocenters. The molecule has 168 valence electrons. The van der Waals surface area contributed by atoms with Gasteiger partial charge in [0.1, 0.15) is 11.3 Å². The van der Waals surface area contributed by atoms with E-state index in [2.05, 4.69) is 5.10 Å². The molecule has 1 amide bonds. The maximum Gasteiger partial charge on any atom is 0.421 e. The number of ether oxygens (including phenoxy) is 1. The van der Waals surface area contributed by atoms with Crippen molar-refractivity contribution in [2.45, 2.75) is 52.3 Å². The number of rotatable bonds is 4. The zero-order valence-corrected chi connectivity index (χ0v) is 17.4. The fourth-order valence-corrected chi connectivity index (χ4v) is 4.41. The Labute approximate surface area is 177 Å². The second kappa shape index (κ2) is 8.05. The smallest absolute Gasteiger partial charge is 0.421 e. The van der Waals surface area contributed by atoms with Gasteiger partial charge in [-0.25, -0.2) is 4.79 Å². The van der Waals surface area contributed by atoms with E-state index in [1.165, 1.54) is 6.92 Å². The van der Waals surface area contributed by atoms with Crippen molar-refractivity contribution in [2.24, 2.45) is 5.92 Å². The van der Waals surface area contributed by atoms with Crippen LogP contribution in [0, 0.1) is 5.92 Å². The van der Waals surface area contributed by atoms with E-state index in [0.717, 1.165) is 12.8 Å². The van der Waals surface area contributed by atoms with E-state index in [1.54, 1.807) is 22.7 Å². The van der Waals surface area contributed by atoms with Crippen LogP contribution in [0.1, 0.15) is 54.1 Å². The van der Waals surface area contributed by atoms with E-state index in [1.807, 2.05) is 0 Å². The van der Waals surface area contributed by atoms with Gasteiger partial charge in [0.15, 0.2) is 0 Å². The van der Waals surface area contributed by atoms with Gasteiger partial charge in [0.05, 0.1) is 17.9 Å². The summed E-state index contributed by atoms with van der Waals surface area (Å²) in [5.41, 5.74) is -0.340. The minimum absolute atomic E-state index is 0.0518. The summed E-state index contributed by atoms with van der Waals surface area (Å²) in [6, 6.07) is 0. The first kappa shape index (κ1) is 21.5. The second-order valence-corrected chi connectivity index (χ2v) is 8.00. The molecule has 7 nitrogen and oxygen atoms in total. The number of halogens is 3. The van der Waals surface area contributed by atoms with Crippen molar-refractivity contribution in [1.82, 2.24) is 14.7 Å². The maximum atomic E-state index is 13.9. The molecule has 0 aromatic carbocycles. The minimum Gasteiger partial charge on any atom is -0.460 e. The SMILES string of the molecule is CCOC(=O)c1oc2c(c1C(F)(F)F)-c1nn(CC3CCN(C(C)=O)CC3)cc1CC2. The van der Waals surface area contributed by atoms with Gasteiger partial charge in [-0.05, 0) is 37.7 Å². The Morgan fingerprint density at radius 3 is 2.58 bits per heavy atom. The van der Waals surface area contributed by atoms with E-state index < -0.39 is 23.5 Å². The molecule has 4 rings (SSSR count). The number of nitrogens with zero attached hydrogens (tertiary/aromatic N) is 3. The van der Waals surface area contributed by atoms with Gasteiger partial charge in [-0.15, -0.1) is 0 Å². The number of carbonyl (C=O) groups excluding carboxylic acids is 2. The summed E-state index contributed by atoms with van der Waals surface area (Å²) in [6.45, 7) is 4.94. The van der Waals surface area contributed by atoms with E-state index >= 15 is 0 Å². The van der Waals surface area contributed by atoms with Crippen molar-refractivity contribution in [2.75, 3.05) is 19.7 Å². The molecule has 3 heterocycles. The molecule has 31 heavy (non-hydrogen) atoms. The minimum atomic E-state index is -4.78. The van der Waals surface area contributed by atoms with Gasteiger partial charge in [-0.2, -0.15) is 18.3 Å². The number of furan rings is 1. The normalized spacial score (nSPS) is 16.7. The number of aromatic nitrogens is 2. The average Bonchev–Trinajstić information content (AvgIpc) is 3.29. The quantitative estimate of drug-likeness (QED) is 0.679. The summed E-state index contributed by atoms with van der Waals surface area (Å²) in [5.74, 6) is -1.47. The number of hydrogen-bond donors (Lipinski definition) is 0. The molecule has 2 aromatic rings. The number of alkyl halides is 3. The van der Waals surface area contributed by atoms with Gasteiger partial charge >= 0.3 is 12.1 Å². The summed E-state index contributed by atoms with van der Waals surface area (Å²) in [5, 5.41) is 4.46. The molecule has 1 fully saturated rings. The third kappa shape index (κ3) is 4.07. The third-order valence-corrected chi connectivity index (χ3v) is 5.93. The number of hydrogen-bond acceptors (Lipinski definition) is 5. The number of likely N-dealkylation sites (tertiary alicyclic amines) is 1. The molecule has 2 aliphatic rings. The zero-order chi connectivity index (χ0) is 22.3. The molecule has 0 spiro atoms. The molecule has 0 radical (unpaired) electrons. The molecule has 0 unspecified atom stereocenters. The lowest BCUT2D eigenvalue weighted by Gasteiger charge is -2.31. The van der Waals surface area contributed by atoms with Crippen molar-refractivity contribution < 1.29 is 31.9 Å². The van der Waals surface area contributed by atoms with Crippen LogP contribution in [0.5, 0.6) is 0 Å². The van der Waals surface area contributed by atoms with Crippen molar-refractivity contribution in [1.29, 1.82) is 0 Å². The van der Waals surface area contributed by atoms with Crippen molar-refractivity contribution in [3.63, 3.8) is 0 Å². The highest BCUT2D eigenvalue weighted by Gasteiger charge is 2.45. The van der Waals surface area contributed by atoms with Gasteiger partial charge in [0.25, 0.3) is 0 Å². The molecule has 1 aliphatic carbocycles. The number of aryl methyl sites for hydroxylation is 2. The fourth-order valence-electron chi connectivity index (χ4n) is 4.41. The molecule has 0 bridgehead atoms. The standard InChI is InChI=1S/C21H24F3N3O4/c1-3-30-20(29)19-17(21(22,23)24)16-15(31-19)5-4-14-11-27(25-18(14)16)10-13-6-8-26(9-7-13)12(2)28/h11,13H,3-10H2,1-2H3. The van der Waals surface area contributed by atoms with Gasteiger partial charge in [0, 0.05) is 39.2 Å². The van der Waals surface area contributed by atoms with Gasteiger partial charge < -0.3 is 14.1 Å². The summed E-state index contributed by atoms with van der Waals surface area (Å²) < 4.78 is 53.5. The van der Waals surface area contributed by atoms with Crippen LogP contribution in [-0.2, 0) is 35.1 Å². The lowest BCUT2D eigenvalue weighted by molar-refractivity contribution is -0.138. The van der Waals surface area contributed by atoms with Crippen molar-refractivity contribution in [3.05, 3.63) is 28.8 Å². The summed E-state index contributed by atoms with van der Waals surface area (Å²) in [4.78, 5) is 25.4. The van der Waals surface area contributed by atoms with Crippen molar-refractivity contribution in [3.8, 4) is 11.3 Å². The Bertz CT molecular complexity index is 1000. The third-order valence-electron chi connectivity index (χ3n) is 5.93. The van der Waals surface area contributed by atoms with E-state index in [9.17, 15) is 22.8 Å². The summed E-state index contributed by atoms with van der Waals surface area (Å²) >= 11 is 0. The first-order chi connectivity index (χ1) is 14.7. The largest absolute Gasteiger partial charge is 0.460 e. The summed E-state index contributed by atoms with van der Waals surface area (Å²) in [6.07, 6.45) is -0.612. The van der Waals surface area contributed by atoms with Crippen molar-refractivity contribution >= 4 is 11.9 Å². The van der Waals surface area contributed by atoms with Crippen LogP contribution in [0.2, 0.25) is 0 Å². The highest BCUT2D eigenvalue weighted by Crippen LogP contribution is 2.46. The predicted molar refractivity (Wildman–Crippen MR) is 103 cm³/mol. The molecule has 10 heteroatoms. The molecule has 2 aromatic heterocycles. The highest BCUT2D eigenvalue weighted by atomic mass is 19.4.